The largest absolute Gasteiger partial charge is 0.388 e. The van der Waals surface area contributed by atoms with Gasteiger partial charge in [0.25, 0.3) is 5.56 Å². The third-order valence-electron chi connectivity index (χ3n) is 4.87. The maximum Gasteiger partial charge on any atom is 0.328 e. The minimum atomic E-state index is -1.02. The van der Waals surface area contributed by atoms with Crippen LogP contribution in [0.15, 0.2) is 28.3 Å². The highest BCUT2D eigenvalue weighted by Gasteiger charge is 2.39. The van der Waals surface area contributed by atoms with E-state index in [1.807, 2.05) is 17.8 Å². The molecule has 2 atom stereocenters. The molecule has 1 saturated heterocycles. The third-order valence-corrected chi connectivity index (χ3v) is 4.87. The summed E-state index contributed by atoms with van der Waals surface area (Å²) in [7, 11) is 1.94. The lowest BCUT2D eigenvalue weighted by Crippen LogP contribution is -2.53. The second-order valence-electron chi connectivity index (χ2n) is 6.83. The molecular weight excluding hydrogens is 310 g/mol. The van der Waals surface area contributed by atoms with Crippen molar-refractivity contribution in [2.75, 3.05) is 13.1 Å². The number of aromatic nitrogens is 4. The fourth-order valence-corrected chi connectivity index (χ4v) is 3.20. The van der Waals surface area contributed by atoms with Gasteiger partial charge in [-0.2, -0.15) is 0 Å². The van der Waals surface area contributed by atoms with Crippen molar-refractivity contribution in [1.29, 1.82) is 0 Å². The monoisotopic (exact) mass is 333 g/mol. The number of nitrogens with one attached hydrogen (secondary N) is 1. The van der Waals surface area contributed by atoms with Gasteiger partial charge in [-0.05, 0) is 20.3 Å². The molecule has 0 spiro atoms. The number of nitrogens with zero attached hydrogens (tertiary/aromatic N) is 4. The summed E-state index contributed by atoms with van der Waals surface area (Å²) < 4.78 is 3.41. The van der Waals surface area contributed by atoms with E-state index >= 15 is 0 Å². The zero-order valence-electron chi connectivity index (χ0n) is 14.2. The summed E-state index contributed by atoms with van der Waals surface area (Å²) >= 11 is 0. The van der Waals surface area contributed by atoms with Crippen molar-refractivity contribution in [2.45, 2.75) is 38.5 Å². The van der Waals surface area contributed by atoms with Crippen molar-refractivity contribution in [3.8, 4) is 0 Å². The number of aromatic amines is 1. The fraction of sp³-hybridized carbons (Fsp3) is 0.562. The molecule has 0 bridgehead atoms. The van der Waals surface area contributed by atoms with Crippen LogP contribution in [-0.2, 0) is 13.6 Å². The van der Waals surface area contributed by atoms with E-state index in [-0.39, 0.29) is 0 Å². The Labute approximate surface area is 139 Å². The van der Waals surface area contributed by atoms with E-state index in [0.29, 0.717) is 25.1 Å². The van der Waals surface area contributed by atoms with E-state index < -0.39 is 22.9 Å². The topological polar surface area (TPSA) is 96.2 Å². The van der Waals surface area contributed by atoms with Crippen LogP contribution < -0.4 is 11.2 Å². The maximum absolute atomic E-state index is 12.2. The summed E-state index contributed by atoms with van der Waals surface area (Å²) in [5.74, 6) is 0. The van der Waals surface area contributed by atoms with Gasteiger partial charge >= 0.3 is 5.69 Å². The van der Waals surface area contributed by atoms with Crippen LogP contribution in [0.1, 0.15) is 30.6 Å². The summed E-state index contributed by atoms with van der Waals surface area (Å²) in [5, 5.41) is 10.8. The van der Waals surface area contributed by atoms with E-state index in [9.17, 15) is 14.7 Å². The minimum absolute atomic E-state index is 0.390. The Morgan fingerprint density at radius 1 is 1.46 bits per heavy atom. The van der Waals surface area contributed by atoms with Gasteiger partial charge in [-0.1, -0.05) is 0 Å². The molecule has 1 fully saturated rings. The number of H-pyrrole nitrogens is 1. The molecule has 0 unspecified atom stereocenters. The van der Waals surface area contributed by atoms with Gasteiger partial charge in [-0.15, -0.1) is 0 Å². The van der Waals surface area contributed by atoms with Gasteiger partial charge in [0.05, 0.1) is 23.7 Å². The number of imidazole rings is 1. The SMILES string of the molecule is Cc1cn([C@@H]2CN(Cc3cncn3C)CC[C@@]2(C)O)c(=O)[nH]c1=O. The number of piperidine rings is 1. The Hall–Kier alpha value is -2.19. The lowest BCUT2D eigenvalue weighted by Gasteiger charge is -2.43. The third kappa shape index (κ3) is 3.07. The van der Waals surface area contributed by atoms with Crippen molar-refractivity contribution in [3.63, 3.8) is 0 Å². The molecular formula is C16H23N5O3. The highest BCUT2D eigenvalue weighted by molar-refractivity contribution is 5.06. The molecule has 0 radical (unpaired) electrons. The van der Waals surface area contributed by atoms with Crippen LogP contribution in [0.5, 0.6) is 0 Å². The molecule has 24 heavy (non-hydrogen) atoms. The van der Waals surface area contributed by atoms with E-state index in [1.165, 1.54) is 10.8 Å². The van der Waals surface area contributed by atoms with Gasteiger partial charge in [0.2, 0.25) is 0 Å². The Balaban J connectivity index is 1.90. The van der Waals surface area contributed by atoms with Crippen molar-refractivity contribution in [1.82, 2.24) is 24.0 Å². The first-order chi connectivity index (χ1) is 11.3. The molecule has 8 heteroatoms. The fourth-order valence-electron chi connectivity index (χ4n) is 3.20. The summed E-state index contributed by atoms with van der Waals surface area (Å²) in [6.07, 6.45) is 5.65. The maximum atomic E-state index is 12.2. The van der Waals surface area contributed by atoms with Crippen LogP contribution in [0.4, 0.5) is 0 Å². The van der Waals surface area contributed by atoms with Gasteiger partial charge in [0.15, 0.2) is 0 Å². The lowest BCUT2D eigenvalue weighted by molar-refractivity contribution is -0.0546. The Morgan fingerprint density at radius 3 is 2.88 bits per heavy atom. The molecule has 8 nitrogen and oxygen atoms in total. The van der Waals surface area contributed by atoms with Crippen LogP contribution in [0.3, 0.4) is 0 Å². The van der Waals surface area contributed by atoms with Gasteiger partial charge < -0.3 is 9.67 Å². The average molecular weight is 333 g/mol. The quantitative estimate of drug-likeness (QED) is 0.809. The summed E-state index contributed by atoms with van der Waals surface area (Å²) in [6.45, 7) is 5.33. The van der Waals surface area contributed by atoms with Gasteiger partial charge in [-0.25, -0.2) is 9.78 Å². The van der Waals surface area contributed by atoms with Crippen molar-refractivity contribution >= 4 is 0 Å². The van der Waals surface area contributed by atoms with Crippen LogP contribution in [-0.4, -0.2) is 47.8 Å². The summed E-state index contributed by atoms with van der Waals surface area (Å²) in [5.41, 5.74) is -0.372. The van der Waals surface area contributed by atoms with E-state index in [2.05, 4.69) is 14.9 Å². The highest BCUT2D eigenvalue weighted by atomic mass is 16.3. The molecule has 0 amide bonds. The molecule has 130 valence electrons. The van der Waals surface area contributed by atoms with Crippen molar-refractivity contribution in [3.05, 3.63) is 50.8 Å². The molecule has 1 aliphatic heterocycles. The summed E-state index contributed by atoms with van der Waals surface area (Å²) in [6, 6.07) is -0.428. The van der Waals surface area contributed by atoms with E-state index in [4.69, 9.17) is 0 Å². The van der Waals surface area contributed by atoms with Crippen molar-refractivity contribution < 1.29 is 5.11 Å². The van der Waals surface area contributed by atoms with E-state index in [0.717, 1.165) is 12.2 Å². The molecule has 2 N–H and O–H groups in total. The number of aryl methyl sites for hydroxylation is 2. The zero-order valence-corrected chi connectivity index (χ0v) is 14.2. The highest BCUT2D eigenvalue weighted by Crippen LogP contribution is 2.31. The van der Waals surface area contributed by atoms with Crippen LogP contribution in [0.25, 0.3) is 0 Å². The number of rotatable bonds is 3. The first-order valence-electron chi connectivity index (χ1n) is 8.00. The smallest absolute Gasteiger partial charge is 0.328 e. The first-order valence-corrected chi connectivity index (χ1v) is 8.00. The number of likely N-dealkylation sites (tertiary alicyclic amines) is 1. The molecule has 3 rings (SSSR count). The van der Waals surface area contributed by atoms with Crippen LogP contribution in [0.2, 0.25) is 0 Å². The second-order valence-corrected chi connectivity index (χ2v) is 6.83. The Morgan fingerprint density at radius 2 is 2.21 bits per heavy atom. The molecule has 3 heterocycles. The molecule has 2 aromatic rings. The molecule has 0 aliphatic carbocycles. The van der Waals surface area contributed by atoms with Gasteiger partial charge in [0.1, 0.15) is 0 Å². The summed E-state index contributed by atoms with van der Waals surface area (Å²) in [4.78, 5) is 32.4. The van der Waals surface area contributed by atoms with Crippen molar-refractivity contribution in [2.24, 2.45) is 7.05 Å². The predicted molar refractivity (Wildman–Crippen MR) is 88.8 cm³/mol. The minimum Gasteiger partial charge on any atom is -0.388 e. The normalized spacial score (nSPS) is 25.1. The Bertz CT molecular complexity index is 848. The molecule has 2 aromatic heterocycles. The lowest BCUT2D eigenvalue weighted by atomic mass is 9.88. The second kappa shape index (κ2) is 6.03. The zero-order chi connectivity index (χ0) is 17.5. The van der Waals surface area contributed by atoms with Gasteiger partial charge in [-0.3, -0.25) is 19.2 Å². The number of aliphatic hydroxyl groups is 1. The average Bonchev–Trinajstić information content (AvgIpc) is 2.90. The van der Waals surface area contributed by atoms with Gasteiger partial charge in [0, 0.05) is 44.6 Å². The molecule has 0 saturated carbocycles. The van der Waals surface area contributed by atoms with Crippen LogP contribution >= 0.6 is 0 Å². The molecule has 1 aliphatic rings. The number of hydrogen-bond donors (Lipinski definition) is 2. The van der Waals surface area contributed by atoms with E-state index in [1.54, 1.807) is 20.2 Å². The Kier molecular flexibility index (Phi) is 4.18. The first kappa shape index (κ1) is 16.7. The molecule has 0 aromatic carbocycles. The number of hydrogen-bond acceptors (Lipinski definition) is 5. The predicted octanol–water partition coefficient (Wildman–Crippen LogP) is -0.223. The van der Waals surface area contributed by atoms with Crippen LogP contribution in [0, 0.1) is 6.92 Å². The standard InChI is InChI=1S/C16H23N5O3/c1-11-7-21(15(23)18-14(11)22)13-9-20(5-4-16(13,2)24)8-12-6-17-10-19(12)3/h6-7,10,13,24H,4-5,8-9H2,1-3H3,(H,18,22,23)/t13-,16-/m1/s1.